The van der Waals surface area contributed by atoms with E-state index < -0.39 is 0 Å². The molecule has 0 atom stereocenters. The molecule has 1 aliphatic carbocycles. The van der Waals surface area contributed by atoms with Crippen molar-refractivity contribution in [2.75, 3.05) is 7.11 Å². The summed E-state index contributed by atoms with van der Waals surface area (Å²) in [5, 5.41) is 0.647. The zero-order valence-electron chi connectivity index (χ0n) is 11.1. The molecule has 3 nitrogen and oxygen atoms in total. The van der Waals surface area contributed by atoms with E-state index in [1.807, 2.05) is 12.1 Å². The van der Waals surface area contributed by atoms with Gasteiger partial charge in [0.2, 0.25) is 0 Å². The molecule has 0 aromatic heterocycles. The minimum Gasteiger partial charge on any atom is -0.496 e. The highest BCUT2D eigenvalue weighted by Gasteiger charge is 2.28. The van der Waals surface area contributed by atoms with Gasteiger partial charge in [0.15, 0.2) is 11.6 Å². The molecule has 0 radical (unpaired) electrons. The Morgan fingerprint density at radius 1 is 1.20 bits per heavy atom. The Hall–Kier alpha value is -2.13. The number of carbonyl (C=O) groups is 2. The molecule has 0 spiro atoms. The normalized spacial score (nSPS) is 17.6. The summed E-state index contributed by atoms with van der Waals surface area (Å²) in [6, 6.07) is 7.19. The number of carbonyl (C=O) groups excluding carboxylic acids is 2. The molecule has 102 valence electrons. The molecule has 0 heterocycles. The van der Waals surface area contributed by atoms with Gasteiger partial charge in [-0.2, -0.15) is 0 Å². The van der Waals surface area contributed by atoms with E-state index in [9.17, 15) is 9.59 Å². The third kappa shape index (κ3) is 2.89. The Kier molecular flexibility index (Phi) is 4.20. The molecule has 2 rings (SSSR count). The van der Waals surface area contributed by atoms with Crippen LogP contribution in [0.2, 0.25) is 5.02 Å². The van der Waals surface area contributed by atoms with E-state index in [2.05, 4.69) is 0 Å². The molecule has 20 heavy (non-hydrogen) atoms. The van der Waals surface area contributed by atoms with Gasteiger partial charge in [-0.05, 0) is 36.8 Å². The fourth-order valence-corrected chi connectivity index (χ4v) is 2.00. The third-order valence-electron chi connectivity index (χ3n) is 2.94. The second-order valence-corrected chi connectivity index (χ2v) is 4.79. The molecule has 1 aromatic rings. The first-order valence-corrected chi connectivity index (χ1v) is 6.40. The predicted octanol–water partition coefficient (Wildman–Crippen LogP) is 3.35. The van der Waals surface area contributed by atoms with E-state index in [1.165, 1.54) is 13.2 Å². The van der Waals surface area contributed by atoms with Crippen molar-refractivity contribution in [3.05, 3.63) is 63.9 Å². The number of benzene rings is 1. The first kappa shape index (κ1) is 14.3. The number of methoxy groups -OCH3 is 1. The van der Waals surface area contributed by atoms with E-state index in [0.29, 0.717) is 10.6 Å². The Morgan fingerprint density at radius 3 is 2.35 bits per heavy atom. The summed E-state index contributed by atoms with van der Waals surface area (Å²) < 4.78 is 5.16. The van der Waals surface area contributed by atoms with Crippen LogP contribution in [0.15, 0.2) is 53.3 Å². The predicted molar refractivity (Wildman–Crippen MR) is 78.3 cm³/mol. The maximum atomic E-state index is 11.9. The summed E-state index contributed by atoms with van der Waals surface area (Å²) in [7, 11) is 1.43. The van der Waals surface area contributed by atoms with Crippen LogP contribution in [0.4, 0.5) is 0 Å². The van der Waals surface area contributed by atoms with Crippen LogP contribution in [0.1, 0.15) is 12.5 Å². The molecule has 0 aliphatic heterocycles. The maximum Gasteiger partial charge on any atom is 0.196 e. The lowest BCUT2D eigenvalue weighted by molar-refractivity contribution is -0.116. The Morgan fingerprint density at radius 2 is 1.85 bits per heavy atom. The van der Waals surface area contributed by atoms with Gasteiger partial charge in [-0.25, -0.2) is 0 Å². The molecule has 0 bridgehead atoms. The fraction of sp³-hybridized carbons (Fsp3) is 0.125. The highest BCUT2D eigenvalue weighted by atomic mass is 35.5. The minimum atomic E-state index is -0.315. The molecule has 0 amide bonds. The molecular formula is C16H13ClO3. The molecule has 1 aromatic carbocycles. The number of hydrogen-bond acceptors (Lipinski definition) is 3. The van der Waals surface area contributed by atoms with Gasteiger partial charge in [-0.1, -0.05) is 29.8 Å². The SMILES string of the molecule is COC(/C=C/c1ccc(Cl)cc1)=C1\C(=O)C=C(C)C1=O. The molecule has 4 heteroatoms. The van der Waals surface area contributed by atoms with E-state index in [-0.39, 0.29) is 22.9 Å². The number of hydrogen-bond donors (Lipinski definition) is 0. The van der Waals surface area contributed by atoms with Crippen molar-refractivity contribution in [2.24, 2.45) is 0 Å². The van der Waals surface area contributed by atoms with Gasteiger partial charge in [0.1, 0.15) is 11.3 Å². The van der Waals surface area contributed by atoms with E-state index in [0.717, 1.165) is 5.56 Å². The lowest BCUT2D eigenvalue weighted by atomic mass is 10.1. The van der Waals surface area contributed by atoms with Crippen molar-refractivity contribution in [3.63, 3.8) is 0 Å². The minimum absolute atomic E-state index is 0.0789. The molecule has 0 saturated heterocycles. The van der Waals surface area contributed by atoms with Crippen LogP contribution in [-0.2, 0) is 14.3 Å². The van der Waals surface area contributed by atoms with Crippen molar-refractivity contribution in [1.29, 1.82) is 0 Å². The van der Waals surface area contributed by atoms with Gasteiger partial charge < -0.3 is 4.74 Å². The largest absolute Gasteiger partial charge is 0.496 e. The first-order chi connectivity index (χ1) is 9.52. The summed E-state index contributed by atoms with van der Waals surface area (Å²) in [5.41, 5.74) is 1.40. The van der Waals surface area contributed by atoms with E-state index >= 15 is 0 Å². The van der Waals surface area contributed by atoms with Crippen LogP contribution in [0.3, 0.4) is 0 Å². The van der Waals surface area contributed by atoms with Gasteiger partial charge >= 0.3 is 0 Å². The van der Waals surface area contributed by atoms with Crippen molar-refractivity contribution in [2.45, 2.75) is 6.92 Å². The maximum absolute atomic E-state index is 11.9. The number of allylic oxidation sites excluding steroid dienone is 4. The molecule has 0 saturated carbocycles. The van der Waals surface area contributed by atoms with Gasteiger partial charge in [-0.3, -0.25) is 9.59 Å². The molecule has 0 fully saturated rings. The van der Waals surface area contributed by atoms with Crippen LogP contribution in [-0.4, -0.2) is 18.7 Å². The number of rotatable bonds is 3. The van der Waals surface area contributed by atoms with Gasteiger partial charge in [0.05, 0.1) is 7.11 Å². The lowest BCUT2D eigenvalue weighted by Crippen LogP contribution is -2.07. The third-order valence-corrected chi connectivity index (χ3v) is 3.19. The standard InChI is InChI=1S/C16H13ClO3/c1-10-9-13(18)15(16(10)19)14(20-2)8-5-11-3-6-12(17)7-4-11/h3-9H,1-2H3/b8-5+,15-14+. The Labute approximate surface area is 122 Å². The zero-order valence-corrected chi connectivity index (χ0v) is 11.9. The second-order valence-electron chi connectivity index (χ2n) is 4.35. The van der Waals surface area contributed by atoms with Crippen molar-refractivity contribution < 1.29 is 14.3 Å². The number of ketones is 2. The highest BCUT2D eigenvalue weighted by molar-refractivity contribution is 6.36. The Balaban J connectivity index is 2.32. The summed E-state index contributed by atoms with van der Waals surface area (Å²) in [5.74, 6) is -0.333. The summed E-state index contributed by atoms with van der Waals surface area (Å²) >= 11 is 5.81. The molecule has 0 unspecified atom stereocenters. The Bertz CT molecular complexity index is 649. The second kappa shape index (κ2) is 5.88. The monoisotopic (exact) mass is 288 g/mol. The van der Waals surface area contributed by atoms with Gasteiger partial charge in [-0.15, -0.1) is 0 Å². The molecular weight excluding hydrogens is 276 g/mol. The number of halogens is 1. The van der Waals surface area contributed by atoms with Crippen LogP contribution < -0.4 is 0 Å². The van der Waals surface area contributed by atoms with Crippen LogP contribution in [0.25, 0.3) is 6.08 Å². The van der Waals surface area contributed by atoms with Crippen LogP contribution in [0.5, 0.6) is 0 Å². The smallest absolute Gasteiger partial charge is 0.196 e. The number of Topliss-reactive ketones (excluding diaryl/α,β-unsaturated/α-hetero) is 1. The van der Waals surface area contributed by atoms with Gasteiger partial charge in [0, 0.05) is 10.6 Å². The zero-order chi connectivity index (χ0) is 14.7. The molecule has 0 N–H and O–H groups in total. The van der Waals surface area contributed by atoms with Crippen LogP contribution >= 0.6 is 11.6 Å². The fourth-order valence-electron chi connectivity index (χ4n) is 1.88. The average molecular weight is 289 g/mol. The quantitative estimate of drug-likeness (QED) is 0.487. The summed E-state index contributed by atoms with van der Waals surface area (Å²) in [6.07, 6.45) is 4.70. The molecule has 1 aliphatic rings. The number of ether oxygens (including phenoxy) is 1. The summed E-state index contributed by atoms with van der Waals surface area (Å²) in [4.78, 5) is 23.7. The average Bonchev–Trinajstić information content (AvgIpc) is 2.68. The van der Waals surface area contributed by atoms with Crippen molar-refractivity contribution in [3.8, 4) is 0 Å². The van der Waals surface area contributed by atoms with E-state index in [4.69, 9.17) is 16.3 Å². The summed E-state index contributed by atoms with van der Waals surface area (Å²) in [6.45, 7) is 1.61. The lowest BCUT2D eigenvalue weighted by Gasteiger charge is -2.04. The van der Waals surface area contributed by atoms with Crippen LogP contribution in [0, 0.1) is 0 Å². The van der Waals surface area contributed by atoms with Gasteiger partial charge in [0.25, 0.3) is 0 Å². The van der Waals surface area contributed by atoms with E-state index in [1.54, 1.807) is 31.2 Å². The topological polar surface area (TPSA) is 43.4 Å². The van der Waals surface area contributed by atoms with Crippen molar-refractivity contribution >= 4 is 29.2 Å². The first-order valence-electron chi connectivity index (χ1n) is 6.02. The highest BCUT2D eigenvalue weighted by Crippen LogP contribution is 2.22. The van der Waals surface area contributed by atoms with Crippen molar-refractivity contribution in [1.82, 2.24) is 0 Å².